The van der Waals surface area contributed by atoms with Crippen molar-refractivity contribution < 1.29 is 5.11 Å². The van der Waals surface area contributed by atoms with Crippen molar-refractivity contribution in [3.8, 4) is 5.75 Å². The Bertz CT molecular complexity index is 576. The maximum absolute atomic E-state index is 9.86. The number of piperidine rings is 1. The van der Waals surface area contributed by atoms with Gasteiger partial charge >= 0.3 is 0 Å². The highest BCUT2D eigenvalue weighted by Crippen LogP contribution is 2.32. The fraction of sp³-hybridized carbons (Fsp3) is 0.533. The Labute approximate surface area is 113 Å². The Balaban J connectivity index is 2.00. The van der Waals surface area contributed by atoms with Gasteiger partial charge in [-0.1, -0.05) is 6.42 Å². The molecule has 1 N–H and O–H groups in total. The fourth-order valence-electron chi connectivity index (χ4n) is 3.07. The molecule has 1 atom stereocenters. The van der Waals surface area contributed by atoms with E-state index in [1.54, 1.807) is 6.07 Å². The second-order valence-corrected chi connectivity index (χ2v) is 5.63. The van der Waals surface area contributed by atoms with E-state index < -0.39 is 0 Å². The van der Waals surface area contributed by atoms with Crippen molar-refractivity contribution in [1.82, 2.24) is 14.3 Å². The number of hydrogen-bond donors (Lipinski definition) is 1. The summed E-state index contributed by atoms with van der Waals surface area (Å²) in [6.45, 7) is 5.62. The second kappa shape index (κ2) is 4.85. The van der Waals surface area contributed by atoms with Gasteiger partial charge in [0.1, 0.15) is 0 Å². The third kappa shape index (κ3) is 2.21. The minimum Gasteiger partial charge on any atom is -0.504 e. The highest BCUT2D eigenvalue weighted by atomic mass is 16.3. The summed E-state index contributed by atoms with van der Waals surface area (Å²) in [5.41, 5.74) is 1.74. The molecule has 0 radical (unpaired) electrons. The van der Waals surface area contributed by atoms with E-state index in [4.69, 9.17) is 0 Å². The average Bonchev–Trinajstić information content (AvgIpc) is 2.84. The number of aromatic hydroxyl groups is 1. The van der Waals surface area contributed by atoms with Gasteiger partial charge in [-0.3, -0.25) is 4.90 Å². The van der Waals surface area contributed by atoms with E-state index in [-0.39, 0.29) is 5.75 Å². The number of imidazole rings is 1. The molecule has 2 aromatic heterocycles. The Hall–Kier alpha value is -1.55. The lowest BCUT2D eigenvalue weighted by Gasteiger charge is -2.37. The van der Waals surface area contributed by atoms with E-state index in [0.717, 1.165) is 18.7 Å². The van der Waals surface area contributed by atoms with E-state index in [2.05, 4.69) is 29.9 Å². The van der Waals surface area contributed by atoms with Crippen molar-refractivity contribution in [2.24, 2.45) is 0 Å². The topological polar surface area (TPSA) is 40.8 Å². The van der Waals surface area contributed by atoms with Gasteiger partial charge < -0.3 is 9.51 Å². The molecular weight excluding hydrogens is 238 g/mol. The predicted octanol–water partition coefficient (Wildman–Crippen LogP) is 2.98. The molecule has 2 aromatic rings. The second-order valence-electron chi connectivity index (χ2n) is 5.63. The Morgan fingerprint density at radius 3 is 2.95 bits per heavy atom. The van der Waals surface area contributed by atoms with E-state index in [9.17, 15) is 5.11 Å². The van der Waals surface area contributed by atoms with Gasteiger partial charge in [0.05, 0.1) is 11.7 Å². The van der Waals surface area contributed by atoms with Gasteiger partial charge in [0.15, 0.2) is 11.4 Å². The van der Waals surface area contributed by atoms with Crippen LogP contribution in [0.15, 0.2) is 24.5 Å². The zero-order valence-electron chi connectivity index (χ0n) is 11.6. The highest BCUT2D eigenvalue weighted by Gasteiger charge is 2.27. The van der Waals surface area contributed by atoms with Gasteiger partial charge in [-0.25, -0.2) is 4.98 Å². The normalized spacial score (nSPS) is 21.3. The molecule has 4 heteroatoms. The first-order valence-electron chi connectivity index (χ1n) is 7.09. The molecule has 0 amide bonds. The maximum Gasteiger partial charge on any atom is 0.179 e. The molecule has 3 heterocycles. The Morgan fingerprint density at radius 1 is 1.37 bits per heavy atom. The monoisotopic (exact) mass is 259 g/mol. The van der Waals surface area contributed by atoms with Gasteiger partial charge in [-0.15, -0.1) is 0 Å². The first-order chi connectivity index (χ1) is 9.16. The SMILES string of the molecule is CC(C)N1CCCCC1c1cn2cccc(O)c2n1. The number of rotatable bonds is 2. The fourth-order valence-corrected chi connectivity index (χ4v) is 3.07. The van der Waals surface area contributed by atoms with Crippen LogP contribution in [-0.4, -0.2) is 32.0 Å². The summed E-state index contributed by atoms with van der Waals surface area (Å²) in [5.74, 6) is 0.251. The summed E-state index contributed by atoms with van der Waals surface area (Å²) in [4.78, 5) is 7.16. The van der Waals surface area contributed by atoms with Crippen molar-refractivity contribution in [2.45, 2.75) is 45.2 Å². The van der Waals surface area contributed by atoms with E-state index >= 15 is 0 Å². The largest absolute Gasteiger partial charge is 0.504 e. The van der Waals surface area contributed by atoms with Crippen molar-refractivity contribution >= 4 is 5.65 Å². The van der Waals surface area contributed by atoms with Gasteiger partial charge in [0.2, 0.25) is 0 Å². The van der Waals surface area contributed by atoms with Crippen molar-refractivity contribution in [2.75, 3.05) is 6.54 Å². The smallest absolute Gasteiger partial charge is 0.179 e. The van der Waals surface area contributed by atoms with Crippen LogP contribution in [0.3, 0.4) is 0 Å². The summed E-state index contributed by atoms with van der Waals surface area (Å²) in [5, 5.41) is 9.86. The minimum atomic E-state index is 0.251. The molecule has 1 aliphatic heterocycles. The van der Waals surface area contributed by atoms with Crippen molar-refractivity contribution in [3.63, 3.8) is 0 Å². The zero-order chi connectivity index (χ0) is 13.4. The quantitative estimate of drug-likeness (QED) is 0.901. The summed E-state index contributed by atoms with van der Waals surface area (Å²) in [7, 11) is 0. The van der Waals surface area contributed by atoms with Crippen LogP contribution in [0.5, 0.6) is 5.75 Å². The van der Waals surface area contributed by atoms with Crippen LogP contribution in [0.2, 0.25) is 0 Å². The molecule has 0 aromatic carbocycles. The third-order valence-corrected chi connectivity index (χ3v) is 4.03. The molecule has 3 rings (SSSR count). The Morgan fingerprint density at radius 2 is 2.21 bits per heavy atom. The van der Waals surface area contributed by atoms with Crippen LogP contribution < -0.4 is 0 Å². The predicted molar refractivity (Wildman–Crippen MR) is 75.3 cm³/mol. The molecule has 19 heavy (non-hydrogen) atoms. The van der Waals surface area contributed by atoms with Crippen LogP contribution in [0.4, 0.5) is 0 Å². The molecule has 1 unspecified atom stereocenters. The van der Waals surface area contributed by atoms with E-state index in [1.165, 1.54) is 12.8 Å². The number of aromatic nitrogens is 2. The van der Waals surface area contributed by atoms with Crippen molar-refractivity contribution in [3.05, 3.63) is 30.2 Å². The minimum absolute atomic E-state index is 0.251. The van der Waals surface area contributed by atoms with Crippen LogP contribution in [0.1, 0.15) is 44.8 Å². The number of hydrogen-bond acceptors (Lipinski definition) is 3. The third-order valence-electron chi connectivity index (χ3n) is 4.03. The first-order valence-corrected chi connectivity index (χ1v) is 7.09. The highest BCUT2D eigenvalue weighted by molar-refractivity contribution is 5.53. The maximum atomic E-state index is 9.86. The van der Waals surface area contributed by atoms with Gasteiger partial charge in [0.25, 0.3) is 0 Å². The molecule has 1 saturated heterocycles. The molecule has 1 fully saturated rings. The van der Waals surface area contributed by atoms with Gasteiger partial charge in [-0.05, 0) is 45.4 Å². The molecule has 0 bridgehead atoms. The lowest BCUT2D eigenvalue weighted by Crippen LogP contribution is -2.38. The van der Waals surface area contributed by atoms with Crippen LogP contribution in [-0.2, 0) is 0 Å². The summed E-state index contributed by atoms with van der Waals surface area (Å²) >= 11 is 0. The van der Waals surface area contributed by atoms with Crippen LogP contribution in [0.25, 0.3) is 5.65 Å². The number of nitrogens with zero attached hydrogens (tertiary/aromatic N) is 3. The summed E-state index contributed by atoms with van der Waals surface area (Å²) in [6, 6.07) is 4.44. The molecule has 0 aliphatic carbocycles. The van der Waals surface area contributed by atoms with Crippen LogP contribution in [0, 0.1) is 0 Å². The zero-order valence-corrected chi connectivity index (χ0v) is 11.6. The van der Waals surface area contributed by atoms with Gasteiger partial charge in [-0.2, -0.15) is 0 Å². The van der Waals surface area contributed by atoms with Gasteiger partial charge in [0, 0.05) is 18.4 Å². The standard InChI is InChI=1S/C15H21N3O/c1-11(2)18-9-4-3-6-13(18)12-10-17-8-5-7-14(19)15(17)16-12/h5,7-8,10-11,13,19H,3-4,6,9H2,1-2H3. The van der Waals surface area contributed by atoms with Crippen molar-refractivity contribution in [1.29, 1.82) is 0 Å². The van der Waals surface area contributed by atoms with E-state index in [0.29, 0.717) is 17.7 Å². The molecule has 0 saturated carbocycles. The number of fused-ring (bicyclic) bond motifs is 1. The summed E-state index contributed by atoms with van der Waals surface area (Å²) in [6.07, 6.45) is 7.68. The Kier molecular flexibility index (Phi) is 3.19. The molecule has 1 aliphatic rings. The molecule has 4 nitrogen and oxygen atoms in total. The molecular formula is C15H21N3O. The first kappa shape index (κ1) is 12.5. The lowest BCUT2D eigenvalue weighted by atomic mass is 9.98. The summed E-state index contributed by atoms with van der Waals surface area (Å²) < 4.78 is 1.91. The lowest BCUT2D eigenvalue weighted by molar-refractivity contribution is 0.109. The average molecular weight is 259 g/mol. The van der Waals surface area contributed by atoms with E-state index in [1.807, 2.05) is 16.7 Å². The molecule has 102 valence electrons. The van der Waals surface area contributed by atoms with Crippen LogP contribution >= 0.6 is 0 Å². The molecule has 0 spiro atoms. The number of pyridine rings is 1. The number of likely N-dealkylation sites (tertiary alicyclic amines) is 1.